The van der Waals surface area contributed by atoms with Crippen LogP contribution in [-0.4, -0.2) is 34.4 Å². The number of aromatic nitrogens is 2. The van der Waals surface area contributed by atoms with Crippen LogP contribution in [0.1, 0.15) is 47.8 Å². The lowest BCUT2D eigenvalue weighted by atomic mass is 10.0. The molecule has 5 nitrogen and oxygen atoms in total. The van der Waals surface area contributed by atoms with E-state index in [-0.39, 0.29) is 5.91 Å². The van der Waals surface area contributed by atoms with Gasteiger partial charge in [0.15, 0.2) is 0 Å². The van der Waals surface area contributed by atoms with Crippen molar-refractivity contribution in [1.29, 1.82) is 0 Å². The number of nitrogens with zero attached hydrogens (tertiary/aromatic N) is 3. The Morgan fingerprint density at radius 1 is 1.36 bits per heavy atom. The number of carbonyl (C=O) groups is 1. The predicted molar refractivity (Wildman–Crippen MR) is 98.0 cm³/mol. The molecule has 5 heteroatoms. The van der Waals surface area contributed by atoms with E-state index in [1.54, 1.807) is 12.4 Å². The summed E-state index contributed by atoms with van der Waals surface area (Å²) in [5.74, 6) is 0.0675. The molecule has 1 fully saturated rings. The molecule has 3 rings (SSSR count). The Bertz CT molecular complexity index is 717. The van der Waals surface area contributed by atoms with Crippen molar-refractivity contribution in [2.45, 2.75) is 45.2 Å². The molecule has 2 aromatic heterocycles. The number of hydrogen-bond donors (Lipinski definition) is 1. The van der Waals surface area contributed by atoms with Crippen molar-refractivity contribution in [2.75, 3.05) is 13.6 Å². The smallest absolute Gasteiger partial charge is 0.220 e. The maximum Gasteiger partial charge on any atom is 0.220 e. The minimum atomic E-state index is 0.0675. The minimum Gasteiger partial charge on any atom is -0.352 e. The molecular formula is C20H26N4O. The van der Waals surface area contributed by atoms with E-state index >= 15 is 0 Å². The molecule has 0 bridgehead atoms. The average molecular weight is 338 g/mol. The fourth-order valence-electron chi connectivity index (χ4n) is 3.42. The van der Waals surface area contributed by atoms with Crippen LogP contribution < -0.4 is 5.32 Å². The highest BCUT2D eigenvalue weighted by atomic mass is 16.1. The molecule has 0 spiro atoms. The van der Waals surface area contributed by atoms with Gasteiger partial charge in [0.25, 0.3) is 0 Å². The van der Waals surface area contributed by atoms with Gasteiger partial charge >= 0.3 is 0 Å². The lowest BCUT2D eigenvalue weighted by Crippen LogP contribution is -2.23. The fraction of sp³-hybridized carbons (Fsp3) is 0.450. The van der Waals surface area contributed by atoms with Gasteiger partial charge in [-0.2, -0.15) is 0 Å². The third-order valence-corrected chi connectivity index (χ3v) is 4.75. The van der Waals surface area contributed by atoms with E-state index in [9.17, 15) is 4.79 Å². The van der Waals surface area contributed by atoms with Crippen molar-refractivity contribution in [1.82, 2.24) is 20.2 Å². The Balaban J connectivity index is 1.55. The average Bonchev–Trinajstić information content (AvgIpc) is 3.04. The maximum absolute atomic E-state index is 12.1. The summed E-state index contributed by atoms with van der Waals surface area (Å²) in [7, 11) is 2.16. The summed E-state index contributed by atoms with van der Waals surface area (Å²) in [5, 5.41) is 2.96. The number of amides is 1. The van der Waals surface area contributed by atoms with E-state index in [0.717, 1.165) is 36.3 Å². The van der Waals surface area contributed by atoms with Crippen molar-refractivity contribution in [3.05, 3.63) is 59.2 Å². The van der Waals surface area contributed by atoms with Gasteiger partial charge in [0, 0.05) is 31.1 Å². The van der Waals surface area contributed by atoms with Crippen LogP contribution in [0.4, 0.5) is 0 Å². The first-order valence-corrected chi connectivity index (χ1v) is 8.95. The van der Waals surface area contributed by atoms with E-state index in [0.29, 0.717) is 19.0 Å². The first-order chi connectivity index (χ1) is 12.1. The number of hydrogen-bond acceptors (Lipinski definition) is 4. The molecule has 2 aromatic rings. The van der Waals surface area contributed by atoms with Gasteiger partial charge in [0.1, 0.15) is 0 Å². The molecule has 1 amide bonds. The topological polar surface area (TPSA) is 58.1 Å². The molecule has 132 valence electrons. The molecule has 1 aliphatic heterocycles. The molecule has 1 N–H and O–H groups in total. The van der Waals surface area contributed by atoms with Crippen LogP contribution in [0.3, 0.4) is 0 Å². The van der Waals surface area contributed by atoms with Crippen LogP contribution in [0.5, 0.6) is 0 Å². The Hall–Kier alpha value is -2.27. The predicted octanol–water partition coefficient (Wildman–Crippen LogP) is 2.80. The molecule has 1 atom stereocenters. The largest absolute Gasteiger partial charge is 0.352 e. The number of aryl methyl sites for hydroxylation is 2. The van der Waals surface area contributed by atoms with Crippen LogP contribution in [0.2, 0.25) is 0 Å². The zero-order valence-electron chi connectivity index (χ0n) is 15.0. The van der Waals surface area contributed by atoms with E-state index in [2.05, 4.69) is 34.4 Å². The molecule has 0 aliphatic carbocycles. The first-order valence-electron chi connectivity index (χ1n) is 8.95. The van der Waals surface area contributed by atoms with E-state index in [4.69, 9.17) is 4.98 Å². The maximum atomic E-state index is 12.1. The van der Waals surface area contributed by atoms with Gasteiger partial charge in [0.2, 0.25) is 5.91 Å². The number of pyridine rings is 2. The van der Waals surface area contributed by atoms with Crippen LogP contribution in [-0.2, 0) is 17.8 Å². The highest BCUT2D eigenvalue weighted by molar-refractivity contribution is 5.76. The van der Waals surface area contributed by atoms with Crippen LogP contribution in [0.15, 0.2) is 36.7 Å². The summed E-state index contributed by atoms with van der Waals surface area (Å²) in [6.07, 6.45) is 7.13. The lowest BCUT2D eigenvalue weighted by molar-refractivity contribution is -0.121. The second-order valence-corrected chi connectivity index (χ2v) is 6.82. The molecule has 0 saturated carbocycles. The third kappa shape index (κ3) is 4.86. The Morgan fingerprint density at radius 3 is 2.96 bits per heavy atom. The number of rotatable bonds is 6. The summed E-state index contributed by atoms with van der Waals surface area (Å²) in [6, 6.07) is 8.52. The van der Waals surface area contributed by atoms with Gasteiger partial charge < -0.3 is 5.32 Å². The highest BCUT2D eigenvalue weighted by Gasteiger charge is 2.24. The lowest BCUT2D eigenvalue weighted by Gasteiger charge is -2.20. The second kappa shape index (κ2) is 8.21. The quantitative estimate of drug-likeness (QED) is 0.880. The summed E-state index contributed by atoms with van der Waals surface area (Å²) < 4.78 is 0. The monoisotopic (exact) mass is 338 g/mol. The van der Waals surface area contributed by atoms with Crippen LogP contribution >= 0.6 is 0 Å². The molecule has 3 heterocycles. The van der Waals surface area contributed by atoms with E-state index in [1.165, 1.54) is 12.0 Å². The first kappa shape index (κ1) is 17.5. The van der Waals surface area contributed by atoms with E-state index < -0.39 is 0 Å². The highest BCUT2D eigenvalue weighted by Crippen LogP contribution is 2.29. The normalized spacial score (nSPS) is 17.6. The summed E-state index contributed by atoms with van der Waals surface area (Å²) in [4.78, 5) is 23.3. The van der Waals surface area contributed by atoms with Crippen LogP contribution in [0, 0.1) is 6.92 Å². The summed E-state index contributed by atoms with van der Waals surface area (Å²) in [6.45, 7) is 3.69. The zero-order chi connectivity index (χ0) is 17.6. The fourth-order valence-corrected chi connectivity index (χ4v) is 3.42. The molecule has 0 unspecified atom stereocenters. The van der Waals surface area contributed by atoms with Gasteiger partial charge in [0.05, 0.1) is 11.7 Å². The van der Waals surface area contributed by atoms with Crippen molar-refractivity contribution in [3.63, 3.8) is 0 Å². The third-order valence-electron chi connectivity index (χ3n) is 4.75. The Labute approximate surface area is 149 Å². The minimum absolute atomic E-state index is 0.0675. The molecule has 0 radical (unpaired) electrons. The van der Waals surface area contributed by atoms with Gasteiger partial charge in [-0.05, 0) is 69.1 Å². The second-order valence-electron chi connectivity index (χ2n) is 6.82. The van der Waals surface area contributed by atoms with Crippen molar-refractivity contribution in [2.24, 2.45) is 0 Å². The molecule has 25 heavy (non-hydrogen) atoms. The van der Waals surface area contributed by atoms with Crippen LogP contribution in [0.25, 0.3) is 0 Å². The Kier molecular flexibility index (Phi) is 5.76. The number of likely N-dealkylation sites (tertiary alicyclic amines) is 1. The van der Waals surface area contributed by atoms with Gasteiger partial charge in [-0.15, -0.1) is 0 Å². The molecular weight excluding hydrogens is 312 g/mol. The Morgan fingerprint density at radius 2 is 2.24 bits per heavy atom. The van der Waals surface area contributed by atoms with Gasteiger partial charge in [-0.25, -0.2) is 0 Å². The summed E-state index contributed by atoms with van der Waals surface area (Å²) >= 11 is 0. The van der Waals surface area contributed by atoms with Gasteiger partial charge in [-0.1, -0.05) is 6.07 Å². The van der Waals surface area contributed by atoms with E-state index in [1.807, 2.05) is 19.1 Å². The molecule has 1 aliphatic rings. The SMILES string of the molecule is Cc1cc(CCC(=O)NCc2cccnc2)cc([C@H]2CCCN2C)n1. The summed E-state index contributed by atoms with van der Waals surface area (Å²) in [5.41, 5.74) is 4.39. The van der Waals surface area contributed by atoms with Gasteiger partial charge in [-0.3, -0.25) is 19.7 Å². The number of nitrogens with one attached hydrogen (secondary N) is 1. The van der Waals surface area contributed by atoms with Crippen molar-refractivity contribution in [3.8, 4) is 0 Å². The van der Waals surface area contributed by atoms with Crippen molar-refractivity contribution >= 4 is 5.91 Å². The van der Waals surface area contributed by atoms with Crippen molar-refractivity contribution < 1.29 is 4.79 Å². The standard InChI is InChI=1S/C20H26N4O/c1-15-11-16(12-18(23-15)19-6-4-10-24(19)2)7-8-20(25)22-14-17-5-3-9-21-13-17/h3,5,9,11-13,19H,4,6-8,10,14H2,1-2H3,(H,22,25)/t19-/m1/s1. The molecule has 1 saturated heterocycles. The molecule has 0 aromatic carbocycles. The number of carbonyl (C=O) groups excluding carboxylic acids is 1. The zero-order valence-corrected chi connectivity index (χ0v) is 15.0.